The van der Waals surface area contributed by atoms with Crippen LogP contribution in [0, 0.1) is 13.8 Å². The lowest BCUT2D eigenvalue weighted by Crippen LogP contribution is -2.48. The van der Waals surface area contributed by atoms with Crippen molar-refractivity contribution in [1.29, 1.82) is 0 Å². The van der Waals surface area contributed by atoms with Crippen LogP contribution in [-0.4, -0.2) is 50.3 Å². The van der Waals surface area contributed by atoms with Gasteiger partial charge < -0.3 is 15.4 Å². The summed E-state index contributed by atoms with van der Waals surface area (Å²) in [7, 11) is 1.84. The highest BCUT2D eigenvalue weighted by Gasteiger charge is 2.31. The maximum absolute atomic E-state index is 5.51. The largest absolute Gasteiger partial charge is 0.381 e. The van der Waals surface area contributed by atoms with Crippen molar-refractivity contribution in [2.24, 2.45) is 4.99 Å². The van der Waals surface area contributed by atoms with Gasteiger partial charge in [-0.15, -0.1) is 24.0 Å². The molecule has 4 nitrogen and oxygen atoms in total. The molecule has 1 fully saturated rings. The minimum Gasteiger partial charge on any atom is -0.381 e. The third-order valence-corrected chi connectivity index (χ3v) is 6.04. The SMILES string of the molecule is CN=C(NCCc1cc(C)cc(C)c1)NCC1(SC)CCOCC1.I. The van der Waals surface area contributed by atoms with E-state index in [1.165, 1.54) is 16.7 Å². The molecule has 1 aliphatic rings. The van der Waals surface area contributed by atoms with Gasteiger partial charge in [0.15, 0.2) is 5.96 Å². The van der Waals surface area contributed by atoms with Crippen molar-refractivity contribution >= 4 is 41.7 Å². The maximum atomic E-state index is 5.51. The number of ether oxygens (including phenoxy) is 1. The van der Waals surface area contributed by atoms with Crippen LogP contribution < -0.4 is 10.6 Å². The summed E-state index contributed by atoms with van der Waals surface area (Å²) in [5.41, 5.74) is 4.03. The van der Waals surface area contributed by atoms with Crippen LogP contribution in [0.2, 0.25) is 0 Å². The highest BCUT2D eigenvalue weighted by atomic mass is 127. The monoisotopic (exact) mass is 477 g/mol. The van der Waals surface area contributed by atoms with Gasteiger partial charge in [-0.1, -0.05) is 29.3 Å². The minimum absolute atomic E-state index is 0. The highest BCUT2D eigenvalue weighted by molar-refractivity contribution is 14.0. The van der Waals surface area contributed by atoms with E-state index < -0.39 is 0 Å². The second kappa shape index (κ2) is 11.3. The molecule has 0 atom stereocenters. The van der Waals surface area contributed by atoms with Crippen LogP contribution in [0.5, 0.6) is 0 Å². The number of guanidine groups is 1. The van der Waals surface area contributed by atoms with Crippen molar-refractivity contribution in [1.82, 2.24) is 10.6 Å². The summed E-state index contributed by atoms with van der Waals surface area (Å²) in [6, 6.07) is 6.73. The third kappa shape index (κ3) is 7.35. The molecule has 6 heteroatoms. The molecule has 0 saturated carbocycles. The zero-order valence-electron chi connectivity index (χ0n) is 15.9. The van der Waals surface area contributed by atoms with Gasteiger partial charge in [-0.25, -0.2) is 0 Å². The summed E-state index contributed by atoms with van der Waals surface area (Å²) in [5, 5.41) is 6.94. The first kappa shape index (κ1) is 22.6. The number of hydrogen-bond donors (Lipinski definition) is 2. The van der Waals surface area contributed by atoms with E-state index in [4.69, 9.17) is 4.74 Å². The second-order valence-electron chi connectivity index (χ2n) is 6.60. The first-order valence-corrected chi connectivity index (χ1v) is 9.94. The average Bonchev–Trinajstić information content (AvgIpc) is 2.58. The van der Waals surface area contributed by atoms with Gasteiger partial charge >= 0.3 is 0 Å². The van der Waals surface area contributed by atoms with Gasteiger partial charge in [0.25, 0.3) is 0 Å². The fraction of sp³-hybridized carbons (Fsp3) is 0.632. The summed E-state index contributed by atoms with van der Waals surface area (Å²) in [5.74, 6) is 0.888. The Bertz CT molecular complexity index is 539. The number of thioether (sulfide) groups is 1. The molecule has 1 aliphatic heterocycles. The number of nitrogens with zero attached hydrogens (tertiary/aromatic N) is 1. The predicted octanol–water partition coefficient (Wildman–Crippen LogP) is 3.54. The standard InChI is InChI=1S/C19H31N3OS.HI/c1-15-11-16(2)13-17(12-15)5-8-21-18(20-3)22-14-19(24-4)6-9-23-10-7-19;/h11-13H,5-10,14H2,1-4H3,(H2,20,21,22);1H. The van der Waals surface area contributed by atoms with E-state index in [-0.39, 0.29) is 28.7 Å². The van der Waals surface area contributed by atoms with Crippen molar-refractivity contribution in [3.05, 3.63) is 34.9 Å². The molecule has 2 rings (SSSR count). The topological polar surface area (TPSA) is 45.7 Å². The number of aliphatic imine (C=N–C) groups is 1. The van der Waals surface area contributed by atoms with Gasteiger partial charge in [0.2, 0.25) is 0 Å². The Morgan fingerprint density at radius 2 is 1.80 bits per heavy atom. The molecule has 0 amide bonds. The molecule has 2 N–H and O–H groups in total. The van der Waals surface area contributed by atoms with Gasteiger partial charge in [0, 0.05) is 38.1 Å². The summed E-state index contributed by atoms with van der Waals surface area (Å²) >= 11 is 1.94. The highest BCUT2D eigenvalue weighted by Crippen LogP contribution is 2.32. The van der Waals surface area contributed by atoms with Crippen LogP contribution in [0.3, 0.4) is 0 Å². The van der Waals surface area contributed by atoms with Gasteiger partial charge in [-0.05, 0) is 44.9 Å². The number of halogens is 1. The molecule has 25 heavy (non-hydrogen) atoms. The Hall–Kier alpha value is -0.470. The molecule has 0 aromatic heterocycles. The van der Waals surface area contributed by atoms with E-state index in [1.807, 2.05) is 18.8 Å². The predicted molar refractivity (Wildman–Crippen MR) is 121 cm³/mol. The van der Waals surface area contributed by atoms with Gasteiger partial charge in [0.1, 0.15) is 0 Å². The molecular weight excluding hydrogens is 445 g/mol. The first-order chi connectivity index (χ1) is 11.6. The average molecular weight is 477 g/mol. The second-order valence-corrected chi connectivity index (χ2v) is 7.87. The van der Waals surface area contributed by atoms with E-state index in [2.05, 4.69) is 53.9 Å². The first-order valence-electron chi connectivity index (χ1n) is 8.71. The molecule has 1 aromatic rings. The van der Waals surface area contributed by atoms with Crippen molar-refractivity contribution in [2.45, 2.75) is 37.9 Å². The Morgan fingerprint density at radius 3 is 2.36 bits per heavy atom. The quantitative estimate of drug-likeness (QED) is 0.374. The van der Waals surface area contributed by atoms with Crippen molar-refractivity contribution in [3.8, 4) is 0 Å². The van der Waals surface area contributed by atoms with Gasteiger partial charge in [0.05, 0.1) is 0 Å². The van der Waals surface area contributed by atoms with Crippen molar-refractivity contribution < 1.29 is 4.74 Å². The molecule has 142 valence electrons. The Kier molecular flexibility index (Phi) is 10.2. The number of hydrogen-bond acceptors (Lipinski definition) is 3. The summed E-state index contributed by atoms with van der Waals surface area (Å²) in [6.07, 6.45) is 5.40. The van der Waals surface area contributed by atoms with E-state index in [0.29, 0.717) is 0 Å². The van der Waals surface area contributed by atoms with Crippen LogP contribution in [-0.2, 0) is 11.2 Å². The number of aryl methyl sites for hydroxylation is 2. The molecule has 1 aromatic carbocycles. The van der Waals surface area contributed by atoms with E-state index in [0.717, 1.165) is 51.5 Å². The van der Waals surface area contributed by atoms with Crippen LogP contribution in [0.15, 0.2) is 23.2 Å². The van der Waals surface area contributed by atoms with E-state index in [1.54, 1.807) is 0 Å². The zero-order chi connectivity index (χ0) is 17.4. The lowest BCUT2D eigenvalue weighted by molar-refractivity contribution is 0.0783. The van der Waals surface area contributed by atoms with Crippen LogP contribution in [0.25, 0.3) is 0 Å². The van der Waals surface area contributed by atoms with Crippen LogP contribution >= 0.6 is 35.7 Å². The van der Waals surface area contributed by atoms with Crippen LogP contribution in [0.1, 0.15) is 29.5 Å². The van der Waals surface area contributed by atoms with E-state index >= 15 is 0 Å². The minimum atomic E-state index is 0. The molecule has 0 spiro atoms. The maximum Gasteiger partial charge on any atom is 0.191 e. The van der Waals surface area contributed by atoms with Gasteiger partial charge in [-0.3, -0.25) is 4.99 Å². The summed E-state index contributed by atoms with van der Waals surface area (Å²) < 4.78 is 5.77. The molecule has 1 saturated heterocycles. The Labute approximate surface area is 174 Å². The third-order valence-electron chi connectivity index (χ3n) is 4.63. The smallest absolute Gasteiger partial charge is 0.191 e. The molecule has 0 aliphatic carbocycles. The lowest BCUT2D eigenvalue weighted by atomic mass is 9.99. The fourth-order valence-corrected chi connectivity index (χ4v) is 3.99. The van der Waals surface area contributed by atoms with Gasteiger partial charge in [-0.2, -0.15) is 11.8 Å². The number of rotatable bonds is 6. The fourth-order valence-electron chi connectivity index (χ4n) is 3.20. The van der Waals surface area contributed by atoms with Crippen molar-refractivity contribution in [3.63, 3.8) is 0 Å². The Balaban J connectivity index is 0.00000312. The van der Waals surface area contributed by atoms with Crippen LogP contribution in [0.4, 0.5) is 0 Å². The molecule has 0 bridgehead atoms. The molecule has 0 unspecified atom stereocenters. The lowest BCUT2D eigenvalue weighted by Gasteiger charge is -2.36. The van der Waals surface area contributed by atoms with E-state index in [9.17, 15) is 0 Å². The summed E-state index contributed by atoms with van der Waals surface area (Å²) in [4.78, 5) is 4.36. The number of benzene rings is 1. The molecule has 0 radical (unpaired) electrons. The van der Waals surface area contributed by atoms with Crippen molar-refractivity contribution in [2.75, 3.05) is 39.6 Å². The number of nitrogens with one attached hydrogen (secondary N) is 2. The Morgan fingerprint density at radius 1 is 1.16 bits per heavy atom. The normalized spacial score (nSPS) is 16.9. The summed E-state index contributed by atoms with van der Waals surface area (Å²) in [6.45, 7) is 7.85. The molecular formula is C19H32IN3OS. The zero-order valence-corrected chi connectivity index (χ0v) is 19.0. The molecule has 1 heterocycles.